The molecule has 0 amide bonds. The highest BCUT2D eigenvalue weighted by Crippen LogP contribution is 2.25. The average Bonchev–Trinajstić information content (AvgIpc) is 2.68. The molecule has 2 saturated heterocycles. The minimum atomic E-state index is -3.82. The third-order valence-electron chi connectivity index (χ3n) is 5.51. The molecule has 0 atom stereocenters. The largest absolute Gasteiger partial charge is 0.243 e. The van der Waals surface area contributed by atoms with Crippen molar-refractivity contribution in [3.63, 3.8) is 0 Å². The Morgan fingerprint density at radius 2 is 1.00 bits per heavy atom. The van der Waals surface area contributed by atoms with Crippen LogP contribution in [-0.4, -0.2) is 83.7 Å². The van der Waals surface area contributed by atoms with Crippen molar-refractivity contribution in [3.05, 3.63) is 24.3 Å². The van der Waals surface area contributed by atoms with Gasteiger partial charge in [0, 0.05) is 39.3 Å². The molecular weight excluding hydrogens is 438 g/mol. The first kappa shape index (κ1) is 22.6. The standard InChI is InChI=1S/C17H27N3O6S3/c1-15-7-9-19(10-8-15)28(23,24)16-3-5-17(6-4-16)29(25,26)20-13-11-18(12-14-20)27(2,21)22/h3-6,15H,7-14H2,1-2H3. The molecular formula is C17H27N3O6S3. The van der Waals surface area contributed by atoms with Crippen LogP contribution in [-0.2, 0) is 30.1 Å². The molecule has 29 heavy (non-hydrogen) atoms. The Labute approximate surface area is 173 Å². The van der Waals surface area contributed by atoms with Crippen LogP contribution in [0.2, 0.25) is 0 Å². The summed E-state index contributed by atoms with van der Waals surface area (Å²) < 4.78 is 78.4. The lowest BCUT2D eigenvalue weighted by atomic mass is 10.0. The van der Waals surface area contributed by atoms with E-state index in [1.54, 1.807) is 0 Å². The van der Waals surface area contributed by atoms with Gasteiger partial charge < -0.3 is 0 Å². The average molecular weight is 466 g/mol. The molecule has 164 valence electrons. The van der Waals surface area contributed by atoms with E-state index in [0.717, 1.165) is 19.1 Å². The molecule has 12 heteroatoms. The number of piperazine rings is 1. The number of sulfonamides is 3. The van der Waals surface area contributed by atoms with E-state index in [4.69, 9.17) is 0 Å². The summed E-state index contributed by atoms with van der Waals surface area (Å²) in [5.41, 5.74) is 0. The van der Waals surface area contributed by atoms with E-state index >= 15 is 0 Å². The predicted octanol–water partition coefficient (Wildman–Crippen LogP) is 0.373. The topological polar surface area (TPSA) is 112 Å². The molecule has 1 aromatic rings. The Morgan fingerprint density at radius 1 is 0.655 bits per heavy atom. The molecule has 9 nitrogen and oxygen atoms in total. The van der Waals surface area contributed by atoms with Gasteiger partial charge in [0.25, 0.3) is 0 Å². The van der Waals surface area contributed by atoms with Gasteiger partial charge in [-0.05, 0) is 43.0 Å². The summed E-state index contributed by atoms with van der Waals surface area (Å²) in [6, 6.07) is 5.26. The molecule has 0 aromatic heterocycles. The number of benzene rings is 1. The van der Waals surface area contributed by atoms with Crippen LogP contribution in [0.25, 0.3) is 0 Å². The van der Waals surface area contributed by atoms with Gasteiger partial charge in [-0.2, -0.15) is 12.9 Å². The maximum atomic E-state index is 12.8. The van der Waals surface area contributed by atoms with Crippen molar-refractivity contribution in [3.8, 4) is 0 Å². The first-order valence-corrected chi connectivity index (χ1v) is 14.2. The first-order chi connectivity index (χ1) is 13.4. The Balaban J connectivity index is 1.74. The van der Waals surface area contributed by atoms with Crippen molar-refractivity contribution in [1.29, 1.82) is 0 Å². The minimum Gasteiger partial charge on any atom is -0.213 e. The van der Waals surface area contributed by atoms with Crippen LogP contribution in [0.5, 0.6) is 0 Å². The number of hydrogen-bond donors (Lipinski definition) is 0. The second-order valence-electron chi connectivity index (χ2n) is 7.62. The van der Waals surface area contributed by atoms with Crippen LogP contribution < -0.4 is 0 Å². The highest BCUT2D eigenvalue weighted by Gasteiger charge is 2.32. The molecule has 3 rings (SSSR count). The maximum absolute atomic E-state index is 12.8. The van der Waals surface area contributed by atoms with Crippen molar-refractivity contribution in [2.75, 3.05) is 45.5 Å². The third-order valence-corrected chi connectivity index (χ3v) is 10.6. The Morgan fingerprint density at radius 3 is 1.38 bits per heavy atom. The van der Waals surface area contributed by atoms with Gasteiger partial charge in [0.1, 0.15) is 0 Å². The van der Waals surface area contributed by atoms with E-state index in [1.165, 1.54) is 37.2 Å². The molecule has 0 aliphatic carbocycles. The van der Waals surface area contributed by atoms with Gasteiger partial charge in [0.05, 0.1) is 16.0 Å². The van der Waals surface area contributed by atoms with Gasteiger partial charge in [0.2, 0.25) is 30.1 Å². The highest BCUT2D eigenvalue weighted by molar-refractivity contribution is 7.89. The van der Waals surface area contributed by atoms with E-state index in [-0.39, 0.29) is 36.0 Å². The normalized spacial score (nSPS) is 22.0. The summed E-state index contributed by atoms with van der Waals surface area (Å²) in [7, 11) is -10.8. The second-order valence-corrected chi connectivity index (χ2v) is 13.5. The molecule has 0 radical (unpaired) electrons. The van der Waals surface area contributed by atoms with Gasteiger partial charge in [-0.25, -0.2) is 25.3 Å². The molecule has 1 aromatic carbocycles. The number of piperidine rings is 1. The van der Waals surface area contributed by atoms with Crippen LogP contribution in [0.3, 0.4) is 0 Å². The minimum absolute atomic E-state index is 0.00322. The van der Waals surface area contributed by atoms with Crippen LogP contribution in [0.1, 0.15) is 19.8 Å². The molecule has 0 spiro atoms. The van der Waals surface area contributed by atoms with Crippen LogP contribution in [0.4, 0.5) is 0 Å². The van der Waals surface area contributed by atoms with E-state index in [9.17, 15) is 25.3 Å². The zero-order valence-electron chi connectivity index (χ0n) is 16.6. The first-order valence-electron chi connectivity index (χ1n) is 9.48. The summed E-state index contributed by atoms with van der Waals surface area (Å²) in [6.45, 7) is 3.33. The SMILES string of the molecule is CC1CCN(S(=O)(=O)c2ccc(S(=O)(=O)N3CCN(S(C)(=O)=O)CC3)cc2)CC1. The van der Waals surface area contributed by atoms with Crippen LogP contribution in [0, 0.1) is 5.92 Å². The summed E-state index contributed by atoms with van der Waals surface area (Å²) in [6.07, 6.45) is 2.72. The lowest BCUT2D eigenvalue weighted by Crippen LogP contribution is -2.50. The highest BCUT2D eigenvalue weighted by atomic mass is 32.2. The van der Waals surface area contributed by atoms with Crippen molar-refractivity contribution in [2.24, 2.45) is 5.92 Å². The van der Waals surface area contributed by atoms with Crippen molar-refractivity contribution < 1.29 is 25.3 Å². The molecule has 0 N–H and O–H groups in total. The summed E-state index contributed by atoms with van der Waals surface area (Å²) in [4.78, 5) is 0.0735. The van der Waals surface area contributed by atoms with Gasteiger partial charge >= 0.3 is 0 Å². The Kier molecular flexibility index (Phi) is 6.42. The van der Waals surface area contributed by atoms with Crippen molar-refractivity contribution >= 4 is 30.1 Å². The summed E-state index contributed by atoms with van der Waals surface area (Å²) in [5.74, 6) is 0.497. The molecule has 2 aliphatic heterocycles. The molecule has 0 saturated carbocycles. The zero-order valence-corrected chi connectivity index (χ0v) is 19.0. The second kappa shape index (κ2) is 8.23. The van der Waals surface area contributed by atoms with E-state index in [2.05, 4.69) is 6.92 Å². The zero-order chi connectivity index (χ0) is 21.4. The molecule has 2 heterocycles. The van der Waals surface area contributed by atoms with Gasteiger partial charge in [-0.15, -0.1) is 0 Å². The van der Waals surface area contributed by atoms with Crippen molar-refractivity contribution in [2.45, 2.75) is 29.6 Å². The fraction of sp³-hybridized carbons (Fsp3) is 0.647. The molecule has 2 aliphatic rings. The molecule has 2 fully saturated rings. The molecule has 0 bridgehead atoms. The van der Waals surface area contributed by atoms with E-state index in [0.29, 0.717) is 19.0 Å². The third kappa shape index (κ3) is 4.83. The van der Waals surface area contributed by atoms with Gasteiger partial charge in [0.15, 0.2) is 0 Å². The van der Waals surface area contributed by atoms with Gasteiger partial charge in [-0.3, -0.25) is 0 Å². The van der Waals surface area contributed by atoms with Crippen LogP contribution in [0.15, 0.2) is 34.1 Å². The summed E-state index contributed by atoms with van der Waals surface area (Å²) in [5, 5.41) is 0. The summed E-state index contributed by atoms with van der Waals surface area (Å²) >= 11 is 0. The fourth-order valence-corrected chi connectivity index (χ4v) is 7.27. The quantitative estimate of drug-likeness (QED) is 0.621. The monoisotopic (exact) mass is 465 g/mol. The maximum Gasteiger partial charge on any atom is 0.243 e. The van der Waals surface area contributed by atoms with Gasteiger partial charge in [-0.1, -0.05) is 6.92 Å². The fourth-order valence-electron chi connectivity index (χ4n) is 3.55. The van der Waals surface area contributed by atoms with E-state index in [1.807, 2.05) is 0 Å². The predicted molar refractivity (Wildman–Crippen MR) is 109 cm³/mol. The van der Waals surface area contributed by atoms with E-state index < -0.39 is 30.1 Å². The Bertz CT molecular complexity index is 1040. The van der Waals surface area contributed by atoms with Crippen molar-refractivity contribution in [1.82, 2.24) is 12.9 Å². The molecule has 0 unspecified atom stereocenters. The lowest BCUT2D eigenvalue weighted by molar-refractivity contribution is 0.274. The lowest BCUT2D eigenvalue weighted by Gasteiger charge is -2.32. The number of hydrogen-bond acceptors (Lipinski definition) is 6. The number of nitrogens with zero attached hydrogens (tertiary/aromatic N) is 3. The van der Waals surface area contributed by atoms with Crippen LogP contribution >= 0.6 is 0 Å². The number of rotatable bonds is 5. The Hall–Kier alpha value is -1.05. The smallest absolute Gasteiger partial charge is 0.213 e.